The molecule has 0 saturated heterocycles. The summed E-state index contributed by atoms with van der Waals surface area (Å²) in [5, 5.41) is 3.38. The SMILES string of the molecule is CCn1ccc(CNCCN(C(=O)OC(C)(C)C)C(C)C)c1. The van der Waals surface area contributed by atoms with Gasteiger partial charge in [0.05, 0.1) is 0 Å². The minimum atomic E-state index is -0.458. The van der Waals surface area contributed by atoms with E-state index in [-0.39, 0.29) is 12.1 Å². The van der Waals surface area contributed by atoms with Crippen LogP contribution in [0.4, 0.5) is 4.79 Å². The number of rotatable bonds is 7. The molecule has 0 bridgehead atoms. The fraction of sp³-hybridized carbons (Fsp3) is 0.706. The third-order valence-electron chi connectivity index (χ3n) is 3.29. The van der Waals surface area contributed by atoms with Gasteiger partial charge in [0.1, 0.15) is 5.60 Å². The molecule has 0 aliphatic rings. The summed E-state index contributed by atoms with van der Waals surface area (Å²) in [5.74, 6) is 0. The first-order chi connectivity index (χ1) is 10.2. The van der Waals surface area contributed by atoms with Crippen LogP contribution in [0.5, 0.6) is 0 Å². The van der Waals surface area contributed by atoms with Gasteiger partial charge in [0.2, 0.25) is 0 Å². The number of hydrogen-bond acceptors (Lipinski definition) is 3. The molecule has 1 amide bonds. The number of aryl methyl sites for hydroxylation is 1. The zero-order chi connectivity index (χ0) is 16.8. The Balaban J connectivity index is 2.39. The Kier molecular flexibility index (Phi) is 6.94. The fourth-order valence-electron chi connectivity index (χ4n) is 2.10. The summed E-state index contributed by atoms with van der Waals surface area (Å²) in [6.45, 7) is 15.0. The molecule has 1 heterocycles. The van der Waals surface area contributed by atoms with Gasteiger partial charge >= 0.3 is 6.09 Å². The molecule has 5 nitrogen and oxygen atoms in total. The van der Waals surface area contributed by atoms with Gasteiger partial charge in [-0.2, -0.15) is 0 Å². The van der Waals surface area contributed by atoms with Gasteiger partial charge < -0.3 is 19.5 Å². The van der Waals surface area contributed by atoms with Crippen LogP contribution in [-0.4, -0.2) is 40.3 Å². The van der Waals surface area contributed by atoms with Crippen LogP contribution in [0, 0.1) is 0 Å². The Bertz CT molecular complexity index is 461. The van der Waals surface area contributed by atoms with E-state index >= 15 is 0 Å². The summed E-state index contributed by atoms with van der Waals surface area (Å²) in [6.07, 6.45) is 3.97. The van der Waals surface area contributed by atoms with Crippen LogP contribution in [0.25, 0.3) is 0 Å². The van der Waals surface area contributed by atoms with Crippen molar-refractivity contribution in [2.24, 2.45) is 0 Å². The second-order valence-electron chi connectivity index (χ2n) is 6.79. The lowest BCUT2D eigenvalue weighted by Crippen LogP contribution is -2.44. The number of amides is 1. The lowest BCUT2D eigenvalue weighted by atomic mass is 10.2. The topological polar surface area (TPSA) is 46.5 Å². The maximum atomic E-state index is 12.2. The zero-order valence-electron chi connectivity index (χ0n) is 14.8. The molecule has 1 aromatic rings. The number of nitrogens with one attached hydrogen (secondary N) is 1. The Morgan fingerprint density at radius 1 is 1.41 bits per heavy atom. The van der Waals surface area contributed by atoms with Crippen LogP contribution in [0.1, 0.15) is 47.1 Å². The summed E-state index contributed by atoms with van der Waals surface area (Å²) in [5.41, 5.74) is 0.802. The van der Waals surface area contributed by atoms with Crippen LogP contribution < -0.4 is 5.32 Å². The van der Waals surface area contributed by atoms with Crippen LogP contribution in [-0.2, 0) is 17.8 Å². The van der Waals surface area contributed by atoms with Crippen molar-refractivity contribution in [3.63, 3.8) is 0 Å². The van der Waals surface area contributed by atoms with E-state index in [0.29, 0.717) is 6.54 Å². The standard InChI is InChI=1S/C17H31N3O2/c1-7-19-10-8-15(13-19)12-18-9-11-20(14(2)3)16(21)22-17(4,5)6/h8,10,13-14,18H,7,9,11-12H2,1-6H3. The highest BCUT2D eigenvalue weighted by atomic mass is 16.6. The number of nitrogens with zero attached hydrogens (tertiary/aromatic N) is 2. The Hall–Kier alpha value is -1.49. The van der Waals surface area contributed by atoms with Gasteiger partial charge in [-0.05, 0) is 53.2 Å². The van der Waals surface area contributed by atoms with E-state index in [1.807, 2.05) is 34.6 Å². The van der Waals surface area contributed by atoms with E-state index in [4.69, 9.17) is 4.74 Å². The highest BCUT2D eigenvalue weighted by Gasteiger charge is 2.23. The van der Waals surface area contributed by atoms with Gasteiger partial charge in [-0.25, -0.2) is 4.79 Å². The molecule has 1 rings (SSSR count). The van der Waals surface area contributed by atoms with E-state index in [0.717, 1.165) is 19.6 Å². The van der Waals surface area contributed by atoms with Crippen LogP contribution in [0.15, 0.2) is 18.5 Å². The number of carbonyl (C=O) groups is 1. The van der Waals surface area contributed by atoms with E-state index in [1.165, 1.54) is 5.56 Å². The molecule has 0 radical (unpaired) electrons. The lowest BCUT2D eigenvalue weighted by molar-refractivity contribution is 0.0193. The van der Waals surface area contributed by atoms with E-state index < -0.39 is 5.60 Å². The highest BCUT2D eigenvalue weighted by Crippen LogP contribution is 2.11. The largest absolute Gasteiger partial charge is 0.444 e. The normalized spacial score (nSPS) is 11.8. The number of aromatic nitrogens is 1. The molecule has 1 aromatic heterocycles. The summed E-state index contributed by atoms with van der Waals surface area (Å²) >= 11 is 0. The average Bonchev–Trinajstić information content (AvgIpc) is 2.83. The summed E-state index contributed by atoms with van der Waals surface area (Å²) in [7, 11) is 0. The Morgan fingerprint density at radius 2 is 2.09 bits per heavy atom. The van der Waals surface area contributed by atoms with E-state index in [1.54, 1.807) is 4.90 Å². The van der Waals surface area contributed by atoms with Gasteiger partial charge in [-0.1, -0.05) is 0 Å². The second-order valence-corrected chi connectivity index (χ2v) is 6.79. The van der Waals surface area contributed by atoms with Gasteiger partial charge in [-0.15, -0.1) is 0 Å². The Morgan fingerprint density at radius 3 is 2.59 bits per heavy atom. The molecule has 126 valence electrons. The quantitative estimate of drug-likeness (QED) is 0.787. The molecule has 5 heteroatoms. The highest BCUT2D eigenvalue weighted by molar-refractivity contribution is 5.68. The van der Waals surface area contributed by atoms with Crippen molar-refractivity contribution in [3.05, 3.63) is 24.0 Å². The van der Waals surface area contributed by atoms with E-state index in [9.17, 15) is 4.79 Å². The number of ether oxygens (including phenoxy) is 1. The molecule has 1 N–H and O–H groups in total. The molecular weight excluding hydrogens is 278 g/mol. The molecule has 0 aliphatic carbocycles. The van der Waals surface area contributed by atoms with Gasteiger partial charge in [0.15, 0.2) is 0 Å². The first-order valence-electron chi connectivity index (χ1n) is 8.08. The number of carbonyl (C=O) groups excluding carboxylic acids is 1. The van der Waals surface area contributed by atoms with Crippen molar-refractivity contribution >= 4 is 6.09 Å². The maximum absolute atomic E-state index is 12.2. The predicted octanol–water partition coefficient (Wildman–Crippen LogP) is 3.24. The summed E-state index contributed by atoms with van der Waals surface area (Å²) in [6, 6.07) is 2.24. The van der Waals surface area contributed by atoms with Crippen molar-refractivity contribution in [1.29, 1.82) is 0 Å². The summed E-state index contributed by atoms with van der Waals surface area (Å²) in [4.78, 5) is 13.9. The van der Waals surface area contributed by atoms with Crippen LogP contribution in [0.3, 0.4) is 0 Å². The third-order valence-corrected chi connectivity index (χ3v) is 3.29. The minimum absolute atomic E-state index is 0.123. The van der Waals surface area contributed by atoms with Gasteiger partial charge in [0, 0.05) is 44.6 Å². The first-order valence-corrected chi connectivity index (χ1v) is 8.08. The lowest BCUT2D eigenvalue weighted by Gasteiger charge is -2.30. The molecule has 0 fully saturated rings. The van der Waals surface area contributed by atoms with E-state index in [2.05, 4.69) is 35.3 Å². The molecule has 22 heavy (non-hydrogen) atoms. The van der Waals surface area contributed by atoms with Crippen molar-refractivity contribution in [3.8, 4) is 0 Å². The molecule has 0 unspecified atom stereocenters. The van der Waals surface area contributed by atoms with Gasteiger partial charge in [0.25, 0.3) is 0 Å². The van der Waals surface area contributed by atoms with Gasteiger partial charge in [-0.3, -0.25) is 0 Å². The second kappa shape index (κ2) is 8.22. The monoisotopic (exact) mass is 309 g/mol. The van der Waals surface area contributed by atoms with Crippen molar-refractivity contribution in [2.75, 3.05) is 13.1 Å². The zero-order valence-corrected chi connectivity index (χ0v) is 14.8. The predicted molar refractivity (Wildman–Crippen MR) is 89.9 cm³/mol. The Labute approximate surface area is 134 Å². The molecular formula is C17H31N3O2. The van der Waals surface area contributed by atoms with Crippen molar-refractivity contribution in [1.82, 2.24) is 14.8 Å². The molecule has 0 aromatic carbocycles. The van der Waals surface area contributed by atoms with Crippen LogP contribution >= 0.6 is 0 Å². The summed E-state index contributed by atoms with van der Waals surface area (Å²) < 4.78 is 7.60. The van der Waals surface area contributed by atoms with Crippen molar-refractivity contribution in [2.45, 2.75) is 66.3 Å². The maximum Gasteiger partial charge on any atom is 0.410 e. The number of hydrogen-bond donors (Lipinski definition) is 1. The molecule has 0 spiro atoms. The first kappa shape index (κ1) is 18.6. The average molecular weight is 309 g/mol. The molecule has 0 atom stereocenters. The van der Waals surface area contributed by atoms with Crippen LogP contribution in [0.2, 0.25) is 0 Å². The molecule has 0 aliphatic heterocycles. The molecule has 0 saturated carbocycles. The fourth-order valence-corrected chi connectivity index (χ4v) is 2.10. The minimum Gasteiger partial charge on any atom is -0.444 e. The van der Waals surface area contributed by atoms with Crippen molar-refractivity contribution < 1.29 is 9.53 Å². The third kappa shape index (κ3) is 6.52. The smallest absolute Gasteiger partial charge is 0.410 e.